The molecule has 114 heavy (non-hydrogen) atoms. The van der Waals surface area contributed by atoms with Gasteiger partial charge in [0, 0.05) is 63.1 Å². The van der Waals surface area contributed by atoms with E-state index in [4.69, 9.17) is 0 Å². The van der Waals surface area contributed by atoms with Crippen molar-refractivity contribution in [1.82, 2.24) is 0 Å². The van der Waals surface area contributed by atoms with Crippen molar-refractivity contribution in [1.29, 1.82) is 0 Å². The summed E-state index contributed by atoms with van der Waals surface area (Å²) in [6.45, 7) is 79.7. The molecule has 0 saturated carbocycles. The van der Waals surface area contributed by atoms with Crippen molar-refractivity contribution in [3.8, 4) is 0 Å². The quantitative estimate of drug-likeness (QED) is 0.141. The van der Waals surface area contributed by atoms with Crippen molar-refractivity contribution in [3.05, 3.63) is 266 Å². The van der Waals surface area contributed by atoms with Crippen LogP contribution in [0, 0.1) is 17.5 Å². The summed E-state index contributed by atoms with van der Waals surface area (Å²) >= 11 is 5.52. The fraction of sp³-hybridized carbons (Fsp3) is 0.486. The Morgan fingerprint density at radius 2 is 0.333 bits per heavy atom. The zero-order valence-electron chi connectivity index (χ0n) is 77.1. The molecule has 9 aromatic carbocycles. The van der Waals surface area contributed by atoms with E-state index in [-0.39, 0.29) is 65.4 Å². The number of benzene rings is 9. The molecule has 0 atom stereocenters. The standard InChI is InChI=1S/C36H42S3.C33H45N3.C18H27F3.C18H30/c1-34(2,3)25-10-16-28(17-11-25)37-31-22-32(38-29-18-12-26(13-19-29)35(4,5)6)24-33(23-31)39-30-20-14-27(15-21-30)36(7,8)9;1-31(2,3)25-10-16-28(17-11-25)34-22-35(29-18-12-26(13-19-29)32(4,5)6)24-36(23-34)30-20-14-27(15-21-30)33(7,8)9;1-16(2,3)10-13(19)11(17(4,5)6)15(21)12(14(10)20)18(7,8)9;1-16(2,3)13-10-14(17(4,5)6)12-15(11-13)18(7,8)9/h10-24H,1-9H3;10-21H,22-24H2,1-9H3;1-9H3;10-12H,1-9H3. The lowest BCUT2D eigenvalue weighted by Crippen LogP contribution is -2.55. The third kappa shape index (κ3) is 26.1. The van der Waals surface area contributed by atoms with E-state index >= 15 is 0 Å². The Hall–Kier alpha value is -6.78. The number of halogens is 3. The summed E-state index contributed by atoms with van der Waals surface area (Å²) in [7, 11) is 0. The van der Waals surface area contributed by atoms with E-state index in [0.717, 1.165) is 20.0 Å². The Labute approximate surface area is 705 Å². The van der Waals surface area contributed by atoms with Gasteiger partial charge in [-0.05, 0) is 206 Å². The van der Waals surface area contributed by atoms with Crippen molar-refractivity contribution in [2.75, 3.05) is 34.7 Å². The predicted octanol–water partition coefficient (Wildman–Crippen LogP) is 31.9. The van der Waals surface area contributed by atoms with Gasteiger partial charge >= 0.3 is 0 Å². The van der Waals surface area contributed by atoms with Crippen molar-refractivity contribution in [2.45, 2.75) is 344 Å². The highest BCUT2D eigenvalue weighted by atomic mass is 32.2. The molecule has 0 radical (unpaired) electrons. The second-order valence-corrected chi connectivity index (χ2v) is 47.5. The van der Waals surface area contributed by atoms with Gasteiger partial charge in [0.25, 0.3) is 0 Å². The molecule has 0 unspecified atom stereocenters. The molecule has 0 bridgehead atoms. The van der Waals surface area contributed by atoms with Gasteiger partial charge in [0.1, 0.15) is 17.5 Å². The zero-order valence-corrected chi connectivity index (χ0v) is 79.6. The highest BCUT2D eigenvalue weighted by molar-refractivity contribution is 8.01. The highest BCUT2D eigenvalue weighted by Gasteiger charge is 2.39. The summed E-state index contributed by atoms with van der Waals surface area (Å²) in [5.41, 5.74) is 15.6. The number of hydrogen-bond acceptors (Lipinski definition) is 6. The Balaban J connectivity index is 0.000000221. The number of anilines is 3. The number of rotatable bonds is 9. The maximum Gasteiger partial charge on any atom is 0.136 e. The summed E-state index contributed by atoms with van der Waals surface area (Å²) in [6, 6.07) is 68.7. The SMILES string of the molecule is CC(C)(C)c1c(F)c(C(C)(C)C)c(F)c(C(C)(C)C)c1F.CC(C)(C)c1cc(C(C)(C)C)cc(C(C)(C)C)c1.CC(C)(C)c1ccc(N2CN(c3ccc(C(C)(C)C)cc3)CN(c3ccc(C(C)(C)C)cc3)C2)cc1.CC(C)(C)c1ccc(Sc2cc(Sc3ccc(C(C)(C)C)cc3)cc(Sc3ccc(C(C)(C)C)cc3)c2)cc1. The number of nitrogens with zero attached hydrogens (tertiary/aromatic N) is 3. The van der Waals surface area contributed by atoms with Crippen LogP contribution in [0.2, 0.25) is 0 Å². The lowest BCUT2D eigenvalue weighted by molar-refractivity contribution is 0.393. The van der Waals surface area contributed by atoms with Crippen molar-refractivity contribution in [3.63, 3.8) is 0 Å². The van der Waals surface area contributed by atoms with Crippen LogP contribution < -0.4 is 14.7 Å². The molecule has 0 aliphatic carbocycles. The molecule has 0 N–H and O–H groups in total. The smallest absolute Gasteiger partial charge is 0.136 e. The molecule has 3 nitrogen and oxygen atoms in total. The van der Waals surface area contributed by atoms with Crippen molar-refractivity contribution in [2.24, 2.45) is 0 Å². The van der Waals surface area contributed by atoms with Crippen LogP contribution in [0.3, 0.4) is 0 Å². The largest absolute Gasteiger partial charge is 0.336 e. The fourth-order valence-corrected chi connectivity index (χ4v) is 16.5. The highest BCUT2D eigenvalue weighted by Crippen LogP contribution is 2.45. The number of hydrogen-bond donors (Lipinski definition) is 0. The molecule has 1 saturated heterocycles. The van der Waals surface area contributed by atoms with Crippen LogP contribution in [0.5, 0.6) is 0 Å². The molecule has 618 valence electrons. The summed E-state index contributed by atoms with van der Waals surface area (Å²) in [5.74, 6) is -2.26. The first kappa shape index (κ1) is 94.4. The second kappa shape index (κ2) is 35.4. The van der Waals surface area contributed by atoms with Crippen LogP contribution in [-0.2, 0) is 65.0 Å². The molecule has 0 amide bonds. The summed E-state index contributed by atoms with van der Waals surface area (Å²) < 4.78 is 44.6. The van der Waals surface area contributed by atoms with E-state index in [0.29, 0.717) is 0 Å². The van der Waals surface area contributed by atoms with Crippen LogP contribution in [0.15, 0.2) is 211 Å². The molecular formula is C105H144F3N3S3. The molecule has 1 aliphatic rings. The molecule has 9 heteroatoms. The molecule has 10 rings (SSSR count). The minimum Gasteiger partial charge on any atom is -0.336 e. The van der Waals surface area contributed by atoms with Gasteiger partial charge in [0.15, 0.2) is 0 Å². The van der Waals surface area contributed by atoms with Gasteiger partial charge in [-0.15, -0.1) is 0 Å². The third-order valence-corrected chi connectivity index (χ3v) is 24.1. The Morgan fingerprint density at radius 1 is 0.184 bits per heavy atom. The van der Waals surface area contributed by atoms with Gasteiger partial charge in [-0.2, -0.15) is 0 Å². The monoisotopic (exact) mass is 1600 g/mol. The summed E-state index contributed by atoms with van der Waals surface area (Å²) in [4.78, 5) is 15.0. The first-order valence-electron chi connectivity index (χ1n) is 41.3. The van der Waals surface area contributed by atoms with E-state index in [9.17, 15) is 13.2 Å². The van der Waals surface area contributed by atoms with Crippen molar-refractivity contribution < 1.29 is 13.2 Å². The maximum atomic E-state index is 14.9. The van der Waals surface area contributed by atoms with E-state index in [1.54, 1.807) is 62.3 Å². The van der Waals surface area contributed by atoms with Gasteiger partial charge in [0.05, 0.1) is 20.0 Å². The van der Waals surface area contributed by atoms with E-state index in [1.807, 2.05) is 35.3 Å². The van der Waals surface area contributed by atoms with Crippen molar-refractivity contribution >= 4 is 52.3 Å². The summed E-state index contributed by atoms with van der Waals surface area (Å²) in [6.07, 6.45) is 0. The fourth-order valence-electron chi connectivity index (χ4n) is 13.5. The topological polar surface area (TPSA) is 9.72 Å². The van der Waals surface area contributed by atoms with Crippen LogP contribution >= 0.6 is 35.3 Å². The van der Waals surface area contributed by atoms with Crippen LogP contribution in [0.4, 0.5) is 30.2 Å². The van der Waals surface area contributed by atoms with Crippen LogP contribution in [-0.4, -0.2) is 20.0 Å². The predicted molar refractivity (Wildman–Crippen MR) is 497 cm³/mol. The Bertz CT molecular complexity index is 4110. The van der Waals surface area contributed by atoms with Gasteiger partial charge in [-0.1, -0.05) is 376 Å². The first-order chi connectivity index (χ1) is 51.8. The minimum atomic E-state index is -0.752. The third-order valence-electron chi connectivity index (χ3n) is 21.1. The Kier molecular flexibility index (Phi) is 29.3. The second-order valence-electron chi connectivity index (χ2n) is 44.1. The normalized spacial score (nSPS) is 13.9. The van der Waals surface area contributed by atoms with Gasteiger partial charge in [-0.3, -0.25) is 0 Å². The molecule has 9 aromatic rings. The maximum absolute atomic E-state index is 14.9. The van der Waals surface area contributed by atoms with E-state index in [2.05, 4.69) is 384 Å². The first-order valence-corrected chi connectivity index (χ1v) is 43.7. The lowest BCUT2D eigenvalue weighted by Gasteiger charge is -2.45. The molecule has 0 spiro atoms. The minimum absolute atomic E-state index is 0.0289. The van der Waals surface area contributed by atoms with Gasteiger partial charge < -0.3 is 14.7 Å². The van der Waals surface area contributed by atoms with E-state index in [1.165, 1.54) is 96.5 Å². The van der Waals surface area contributed by atoms with Crippen LogP contribution in [0.1, 0.15) is 316 Å². The zero-order chi connectivity index (χ0) is 86.0. The molecule has 1 aliphatic heterocycles. The molecule has 1 heterocycles. The average Bonchev–Trinajstić information content (AvgIpc) is 0.735. The molecular weight excluding hydrogens is 1460 g/mol. The lowest BCUT2D eigenvalue weighted by atomic mass is 9.74. The van der Waals surface area contributed by atoms with Gasteiger partial charge in [0.2, 0.25) is 0 Å². The Morgan fingerprint density at radius 3 is 0.474 bits per heavy atom. The van der Waals surface area contributed by atoms with E-state index < -0.39 is 33.7 Å². The molecule has 1 fully saturated rings. The average molecular weight is 1600 g/mol. The summed E-state index contributed by atoms with van der Waals surface area (Å²) in [5, 5.41) is 0. The van der Waals surface area contributed by atoms with Crippen LogP contribution in [0.25, 0.3) is 0 Å². The molecule has 0 aromatic heterocycles. The van der Waals surface area contributed by atoms with Gasteiger partial charge in [-0.25, -0.2) is 13.2 Å².